The van der Waals surface area contributed by atoms with Gasteiger partial charge in [0.1, 0.15) is 5.75 Å². The first-order valence-electron chi connectivity index (χ1n) is 8.03. The Bertz CT molecular complexity index is 461. The quantitative estimate of drug-likeness (QED) is 0.799. The number of piperidine rings is 1. The number of carbonyl (C=O) groups is 1. The highest BCUT2D eigenvalue weighted by molar-refractivity contribution is 5.77. The molecule has 5 heteroatoms. The lowest BCUT2D eigenvalue weighted by atomic mass is 9.98. The maximum atomic E-state index is 11.3. The Morgan fingerprint density at radius 1 is 1.41 bits per heavy atom. The summed E-state index contributed by atoms with van der Waals surface area (Å²) in [6.07, 6.45) is 2.28. The maximum absolute atomic E-state index is 11.3. The van der Waals surface area contributed by atoms with E-state index in [0.29, 0.717) is 18.2 Å². The van der Waals surface area contributed by atoms with Gasteiger partial charge in [-0.2, -0.15) is 0 Å². The molecule has 2 N–H and O–H groups in total. The maximum Gasteiger partial charge on any atom is 0.257 e. The minimum absolute atomic E-state index is 0.0531. The highest BCUT2D eigenvalue weighted by Crippen LogP contribution is 2.19. The van der Waals surface area contributed by atoms with Crippen molar-refractivity contribution in [1.82, 2.24) is 10.2 Å². The number of ether oxygens (including phenoxy) is 1. The van der Waals surface area contributed by atoms with Crippen molar-refractivity contribution < 1.29 is 14.6 Å². The summed E-state index contributed by atoms with van der Waals surface area (Å²) in [5.41, 5.74) is 1.23. The summed E-state index contributed by atoms with van der Waals surface area (Å²) in [6.45, 7) is 5.78. The van der Waals surface area contributed by atoms with Gasteiger partial charge in [0, 0.05) is 26.2 Å². The summed E-state index contributed by atoms with van der Waals surface area (Å²) in [4.78, 5) is 13.7. The zero-order chi connectivity index (χ0) is 15.8. The first-order valence-corrected chi connectivity index (χ1v) is 8.03. The fourth-order valence-corrected chi connectivity index (χ4v) is 2.79. The Morgan fingerprint density at radius 3 is 2.86 bits per heavy atom. The van der Waals surface area contributed by atoms with Crippen LogP contribution in [0.25, 0.3) is 0 Å². The molecule has 1 aliphatic heterocycles. The fourth-order valence-electron chi connectivity index (χ4n) is 2.79. The van der Waals surface area contributed by atoms with Crippen molar-refractivity contribution in [3.63, 3.8) is 0 Å². The molecule has 2 rings (SSSR count). The number of nitrogens with zero attached hydrogens (tertiary/aromatic N) is 1. The number of likely N-dealkylation sites (N-methyl/N-ethyl adjacent to an activating group) is 1. The molecule has 1 aromatic rings. The number of rotatable bonds is 7. The zero-order valence-corrected chi connectivity index (χ0v) is 13.3. The minimum atomic E-state index is -0.102. The molecular formula is C17H26N2O3. The molecule has 1 amide bonds. The Morgan fingerprint density at radius 2 is 2.18 bits per heavy atom. The van der Waals surface area contributed by atoms with E-state index in [0.717, 1.165) is 32.5 Å². The topological polar surface area (TPSA) is 61.8 Å². The molecule has 1 saturated heterocycles. The van der Waals surface area contributed by atoms with E-state index in [4.69, 9.17) is 4.74 Å². The van der Waals surface area contributed by atoms with Gasteiger partial charge in [0.15, 0.2) is 6.61 Å². The standard InChI is InChI=1S/C17H26N2O3/c1-2-18-17(21)13-22-16-7-5-14(6-8-16)10-19-9-3-4-15(11-19)12-20/h5-8,15,20H,2-4,9-13H2,1H3,(H,18,21). The van der Waals surface area contributed by atoms with Gasteiger partial charge in [-0.1, -0.05) is 12.1 Å². The summed E-state index contributed by atoms with van der Waals surface area (Å²) in [6, 6.07) is 7.88. The summed E-state index contributed by atoms with van der Waals surface area (Å²) in [5.74, 6) is 1.02. The van der Waals surface area contributed by atoms with E-state index < -0.39 is 0 Å². The number of likely N-dealkylation sites (tertiary alicyclic amines) is 1. The van der Waals surface area contributed by atoms with Crippen LogP contribution in [0, 0.1) is 5.92 Å². The Labute approximate surface area is 132 Å². The van der Waals surface area contributed by atoms with Crippen LogP contribution in [0.5, 0.6) is 5.75 Å². The molecule has 22 heavy (non-hydrogen) atoms. The van der Waals surface area contributed by atoms with Gasteiger partial charge in [-0.3, -0.25) is 9.69 Å². The van der Waals surface area contributed by atoms with Crippen molar-refractivity contribution in [2.75, 3.05) is 32.8 Å². The second-order valence-corrected chi connectivity index (χ2v) is 5.81. The molecule has 5 nitrogen and oxygen atoms in total. The number of hydrogen-bond donors (Lipinski definition) is 2. The highest BCUT2D eigenvalue weighted by Gasteiger charge is 2.18. The Kier molecular flexibility index (Phi) is 6.68. The van der Waals surface area contributed by atoms with E-state index in [2.05, 4.69) is 10.2 Å². The van der Waals surface area contributed by atoms with Crippen LogP contribution in [0.2, 0.25) is 0 Å². The number of amides is 1. The summed E-state index contributed by atoms with van der Waals surface area (Å²) in [5, 5.41) is 12.0. The van der Waals surface area contributed by atoms with Crippen molar-refractivity contribution >= 4 is 5.91 Å². The van der Waals surface area contributed by atoms with Gasteiger partial charge < -0.3 is 15.2 Å². The molecule has 1 aliphatic rings. The second kappa shape index (κ2) is 8.76. The average molecular weight is 306 g/mol. The normalized spacial score (nSPS) is 18.9. The molecule has 0 saturated carbocycles. The fraction of sp³-hybridized carbons (Fsp3) is 0.588. The van der Waals surface area contributed by atoms with Gasteiger partial charge in [-0.05, 0) is 49.9 Å². The lowest BCUT2D eigenvalue weighted by molar-refractivity contribution is -0.122. The van der Waals surface area contributed by atoms with Crippen LogP contribution in [0.4, 0.5) is 0 Å². The first kappa shape index (κ1) is 16.8. The van der Waals surface area contributed by atoms with Crippen LogP contribution in [-0.4, -0.2) is 48.8 Å². The van der Waals surface area contributed by atoms with Gasteiger partial charge in [0.25, 0.3) is 5.91 Å². The lowest BCUT2D eigenvalue weighted by Gasteiger charge is -2.31. The van der Waals surface area contributed by atoms with Gasteiger partial charge in [0.2, 0.25) is 0 Å². The smallest absolute Gasteiger partial charge is 0.257 e. The van der Waals surface area contributed by atoms with Crippen molar-refractivity contribution in [3.8, 4) is 5.75 Å². The average Bonchev–Trinajstić information content (AvgIpc) is 2.55. The minimum Gasteiger partial charge on any atom is -0.484 e. The van der Waals surface area contributed by atoms with E-state index in [1.54, 1.807) is 0 Å². The summed E-state index contributed by atoms with van der Waals surface area (Å²) >= 11 is 0. The first-order chi connectivity index (χ1) is 10.7. The van der Waals surface area contributed by atoms with Crippen molar-refractivity contribution in [1.29, 1.82) is 0 Å². The molecule has 1 aromatic carbocycles. The summed E-state index contributed by atoms with van der Waals surface area (Å²) in [7, 11) is 0. The second-order valence-electron chi connectivity index (χ2n) is 5.81. The van der Waals surface area contributed by atoms with Crippen LogP contribution in [0.3, 0.4) is 0 Å². The molecular weight excluding hydrogens is 280 g/mol. The zero-order valence-electron chi connectivity index (χ0n) is 13.3. The van der Waals surface area contributed by atoms with Crippen molar-refractivity contribution in [2.45, 2.75) is 26.3 Å². The molecule has 0 aromatic heterocycles. The molecule has 1 unspecified atom stereocenters. The molecule has 0 radical (unpaired) electrons. The molecule has 0 spiro atoms. The van der Waals surface area contributed by atoms with E-state index in [9.17, 15) is 9.90 Å². The third-order valence-corrected chi connectivity index (χ3v) is 3.93. The van der Waals surface area contributed by atoms with E-state index in [1.165, 1.54) is 5.56 Å². The lowest BCUT2D eigenvalue weighted by Crippen LogP contribution is -2.36. The Balaban J connectivity index is 1.80. The van der Waals surface area contributed by atoms with Gasteiger partial charge in [-0.25, -0.2) is 0 Å². The van der Waals surface area contributed by atoms with Crippen LogP contribution < -0.4 is 10.1 Å². The highest BCUT2D eigenvalue weighted by atomic mass is 16.5. The molecule has 0 aliphatic carbocycles. The molecule has 1 heterocycles. The predicted octanol–water partition coefficient (Wildman–Crippen LogP) is 1.41. The van der Waals surface area contributed by atoms with Crippen molar-refractivity contribution in [3.05, 3.63) is 29.8 Å². The monoisotopic (exact) mass is 306 g/mol. The van der Waals surface area contributed by atoms with Crippen LogP contribution in [0.15, 0.2) is 24.3 Å². The number of aliphatic hydroxyl groups is 1. The molecule has 1 atom stereocenters. The predicted molar refractivity (Wildman–Crippen MR) is 85.7 cm³/mol. The van der Waals surface area contributed by atoms with Crippen LogP contribution in [-0.2, 0) is 11.3 Å². The third kappa shape index (κ3) is 5.31. The van der Waals surface area contributed by atoms with E-state index >= 15 is 0 Å². The van der Waals surface area contributed by atoms with Gasteiger partial charge in [0.05, 0.1) is 0 Å². The number of carbonyl (C=O) groups excluding carboxylic acids is 1. The van der Waals surface area contributed by atoms with E-state index in [1.807, 2.05) is 31.2 Å². The van der Waals surface area contributed by atoms with Crippen molar-refractivity contribution in [2.24, 2.45) is 5.92 Å². The molecule has 0 bridgehead atoms. The number of nitrogens with one attached hydrogen (secondary N) is 1. The van der Waals surface area contributed by atoms with E-state index in [-0.39, 0.29) is 19.1 Å². The number of hydrogen-bond acceptors (Lipinski definition) is 4. The molecule has 1 fully saturated rings. The van der Waals surface area contributed by atoms with Crippen LogP contribution >= 0.6 is 0 Å². The number of benzene rings is 1. The largest absolute Gasteiger partial charge is 0.484 e. The SMILES string of the molecule is CCNC(=O)COc1ccc(CN2CCCC(CO)C2)cc1. The number of aliphatic hydroxyl groups excluding tert-OH is 1. The summed E-state index contributed by atoms with van der Waals surface area (Å²) < 4.78 is 5.44. The van der Waals surface area contributed by atoms with Crippen LogP contribution in [0.1, 0.15) is 25.3 Å². The van der Waals surface area contributed by atoms with Gasteiger partial charge >= 0.3 is 0 Å². The third-order valence-electron chi connectivity index (χ3n) is 3.93. The molecule has 122 valence electrons. The van der Waals surface area contributed by atoms with Gasteiger partial charge in [-0.15, -0.1) is 0 Å². The Hall–Kier alpha value is -1.59.